The van der Waals surface area contributed by atoms with Gasteiger partial charge in [0.2, 0.25) is 5.91 Å². The molecule has 23 heavy (non-hydrogen) atoms. The van der Waals surface area contributed by atoms with Crippen LogP contribution in [-0.4, -0.2) is 35.8 Å². The second-order valence-corrected chi connectivity index (χ2v) is 6.84. The summed E-state index contributed by atoms with van der Waals surface area (Å²) in [7, 11) is 0. The van der Waals surface area contributed by atoms with E-state index < -0.39 is 11.9 Å². The molecule has 1 atom stereocenters. The molecule has 0 spiro atoms. The molecule has 1 aliphatic rings. The van der Waals surface area contributed by atoms with Crippen LogP contribution in [0.2, 0.25) is 5.02 Å². The van der Waals surface area contributed by atoms with Gasteiger partial charge in [0.1, 0.15) is 16.7 Å². The van der Waals surface area contributed by atoms with E-state index in [0.29, 0.717) is 29.1 Å². The summed E-state index contributed by atoms with van der Waals surface area (Å²) in [6.45, 7) is 2.87. The number of hydrogen-bond acceptors (Lipinski definition) is 3. The molecule has 0 saturated carbocycles. The third-order valence-corrected chi connectivity index (χ3v) is 5.60. The van der Waals surface area contributed by atoms with Crippen LogP contribution in [0.15, 0.2) is 18.2 Å². The van der Waals surface area contributed by atoms with Gasteiger partial charge in [0.15, 0.2) is 0 Å². The smallest absolute Gasteiger partial charge is 0.266 e. The summed E-state index contributed by atoms with van der Waals surface area (Å²) in [5, 5.41) is 3.16. The Hall–Kier alpha value is -1.66. The van der Waals surface area contributed by atoms with E-state index >= 15 is 0 Å². The van der Waals surface area contributed by atoms with Crippen LogP contribution in [-0.2, 0) is 4.79 Å². The van der Waals surface area contributed by atoms with Crippen LogP contribution in [0, 0.1) is 5.82 Å². The maximum Gasteiger partial charge on any atom is 0.266 e. The van der Waals surface area contributed by atoms with Crippen LogP contribution in [0.3, 0.4) is 0 Å². The molecule has 0 bridgehead atoms. The highest BCUT2D eigenvalue weighted by Gasteiger charge is 2.36. The fraction of sp³-hybridized carbons (Fsp3) is 0.375. The first-order chi connectivity index (χ1) is 11.0. The Bertz CT molecular complexity index is 777. The average molecular weight is 355 g/mol. The van der Waals surface area contributed by atoms with Gasteiger partial charge in [-0.2, -0.15) is 0 Å². The SMILES string of the molecule is CCNC(=O)[C@@H]1CCCN1C(=O)c1sc2cccc(F)c2c1Cl. The Kier molecular flexibility index (Phi) is 4.55. The van der Waals surface area contributed by atoms with E-state index in [2.05, 4.69) is 5.32 Å². The highest BCUT2D eigenvalue weighted by Crippen LogP contribution is 2.38. The third-order valence-electron chi connectivity index (χ3n) is 3.97. The summed E-state index contributed by atoms with van der Waals surface area (Å²) in [5.41, 5.74) is 0. The van der Waals surface area contributed by atoms with Gasteiger partial charge in [-0.15, -0.1) is 11.3 Å². The minimum Gasteiger partial charge on any atom is -0.355 e. The first-order valence-electron chi connectivity index (χ1n) is 7.49. The molecule has 1 aromatic heterocycles. The number of carbonyl (C=O) groups is 2. The average Bonchev–Trinajstić information content (AvgIpc) is 3.13. The molecule has 0 radical (unpaired) electrons. The highest BCUT2D eigenvalue weighted by atomic mass is 35.5. The first-order valence-corrected chi connectivity index (χ1v) is 8.69. The number of carbonyl (C=O) groups excluding carboxylic acids is 2. The second kappa shape index (κ2) is 6.45. The van der Waals surface area contributed by atoms with Crippen molar-refractivity contribution >= 4 is 44.8 Å². The quantitative estimate of drug-likeness (QED) is 0.918. The van der Waals surface area contributed by atoms with E-state index in [-0.39, 0.29) is 22.2 Å². The summed E-state index contributed by atoms with van der Waals surface area (Å²) in [6, 6.07) is 4.17. The van der Waals surface area contributed by atoms with Gasteiger partial charge in [0.05, 0.1) is 5.02 Å². The molecule has 7 heteroatoms. The third kappa shape index (κ3) is 2.81. The van der Waals surface area contributed by atoms with Gasteiger partial charge >= 0.3 is 0 Å². The zero-order chi connectivity index (χ0) is 16.6. The number of nitrogens with one attached hydrogen (secondary N) is 1. The minimum atomic E-state index is -0.478. The standard InChI is InChI=1S/C16H16ClFN2O2S/c1-2-19-15(21)10-6-4-8-20(10)16(22)14-13(17)12-9(18)5-3-7-11(12)23-14/h3,5,7,10H,2,4,6,8H2,1H3,(H,19,21)/t10-/m0/s1. The maximum atomic E-state index is 13.9. The molecular formula is C16H16ClFN2O2S. The molecule has 4 nitrogen and oxygen atoms in total. The van der Waals surface area contributed by atoms with Crippen LogP contribution in [0.1, 0.15) is 29.4 Å². The van der Waals surface area contributed by atoms with Crippen molar-refractivity contribution in [3.63, 3.8) is 0 Å². The Balaban J connectivity index is 1.95. The molecule has 3 rings (SSSR count). The van der Waals surface area contributed by atoms with Crippen molar-refractivity contribution in [3.8, 4) is 0 Å². The molecule has 1 saturated heterocycles. The van der Waals surface area contributed by atoms with Gasteiger partial charge in [-0.25, -0.2) is 4.39 Å². The Morgan fingerprint density at radius 2 is 2.26 bits per heavy atom. The van der Waals surface area contributed by atoms with Gasteiger partial charge in [0.25, 0.3) is 5.91 Å². The Labute approximate surface area is 142 Å². The van der Waals surface area contributed by atoms with Crippen molar-refractivity contribution < 1.29 is 14.0 Å². The Morgan fingerprint density at radius 3 is 2.96 bits per heavy atom. The van der Waals surface area contributed by atoms with E-state index in [1.807, 2.05) is 6.92 Å². The number of likely N-dealkylation sites (tertiary alicyclic amines) is 1. The predicted octanol–water partition coefficient (Wildman–Crippen LogP) is 3.43. The van der Waals surface area contributed by atoms with Gasteiger partial charge in [-0.1, -0.05) is 17.7 Å². The molecule has 122 valence electrons. The summed E-state index contributed by atoms with van der Waals surface area (Å²) >= 11 is 7.41. The molecule has 1 aliphatic heterocycles. The minimum absolute atomic E-state index is 0.134. The molecule has 2 aromatic rings. The molecule has 2 amide bonds. The molecule has 0 aliphatic carbocycles. The topological polar surface area (TPSA) is 49.4 Å². The van der Waals surface area contributed by atoms with Gasteiger partial charge in [0, 0.05) is 23.2 Å². The summed E-state index contributed by atoms with van der Waals surface area (Å²) in [4.78, 5) is 26.8. The van der Waals surface area contributed by atoms with Gasteiger partial charge < -0.3 is 10.2 Å². The number of hydrogen-bond donors (Lipinski definition) is 1. The normalized spacial score (nSPS) is 17.7. The number of thiophene rings is 1. The van der Waals surface area contributed by atoms with Crippen LogP contribution in [0.25, 0.3) is 10.1 Å². The fourth-order valence-electron chi connectivity index (χ4n) is 2.91. The number of likely N-dealkylation sites (N-methyl/N-ethyl adjacent to an activating group) is 1. The van der Waals surface area contributed by atoms with E-state index in [0.717, 1.165) is 6.42 Å². The number of amides is 2. The summed E-state index contributed by atoms with van der Waals surface area (Å²) in [6.07, 6.45) is 1.40. The second-order valence-electron chi connectivity index (χ2n) is 5.41. The highest BCUT2D eigenvalue weighted by molar-refractivity contribution is 7.21. The van der Waals surface area contributed by atoms with Crippen molar-refractivity contribution in [2.75, 3.05) is 13.1 Å². The van der Waals surface area contributed by atoms with Gasteiger partial charge in [-0.3, -0.25) is 9.59 Å². The van der Waals surface area contributed by atoms with Crippen molar-refractivity contribution in [2.24, 2.45) is 0 Å². The lowest BCUT2D eigenvalue weighted by Crippen LogP contribution is -2.45. The zero-order valence-electron chi connectivity index (χ0n) is 12.6. The largest absolute Gasteiger partial charge is 0.355 e. The lowest BCUT2D eigenvalue weighted by atomic mass is 10.2. The number of halogens is 2. The number of rotatable bonds is 3. The van der Waals surface area contributed by atoms with E-state index in [1.54, 1.807) is 17.0 Å². The lowest BCUT2D eigenvalue weighted by Gasteiger charge is -2.23. The van der Waals surface area contributed by atoms with E-state index in [9.17, 15) is 14.0 Å². The van der Waals surface area contributed by atoms with E-state index in [4.69, 9.17) is 11.6 Å². The molecule has 0 unspecified atom stereocenters. The molecule has 2 heterocycles. The molecule has 1 N–H and O–H groups in total. The predicted molar refractivity (Wildman–Crippen MR) is 89.5 cm³/mol. The van der Waals surface area contributed by atoms with Crippen molar-refractivity contribution in [1.82, 2.24) is 10.2 Å². The maximum absolute atomic E-state index is 13.9. The number of nitrogens with zero attached hydrogens (tertiary/aromatic N) is 1. The van der Waals surface area contributed by atoms with Crippen molar-refractivity contribution in [1.29, 1.82) is 0 Å². The van der Waals surface area contributed by atoms with Crippen LogP contribution >= 0.6 is 22.9 Å². The molecule has 1 fully saturated rings. The fourth-order valence-corrected chi connectivity index (χ4v) is 4.42. The number of benzene rings is 1. The molecule has 1 aromatic carbocycles. The molecular weight excluding hydrogens is 339 g/mol. The van der Waals surface area contributed by atoms with E-state index in [1.165, 1.54) is 17.4 Å². The van der Waals surface area contributed by atoms with Crippen LogP contribution in [0.5, 0.6) is 0 Å². The summed E-state index contributed by atoms with van der Waals surface area (Å²) < 4.78 is 14.6. The monoisotopic (exact) mass is 354 g/mol. The summed E-state index contributed by atoms with van der Waals surface area (Å²) in [5.74, 6) is -0.893. The Morgan fingerprint density at radius 1 is 1.48 bits per heavy atom. The van der Waals surface area contributed by atoms with Crippen molar-refractivity contribution in [2.45, 2.75) is 25.8 Å². The lowest BCUT2D eigenvalue weighted by molar-refractivity contribution is -0.124. The van der Waals surface area contributed by atoms with Gasteiger partial charge in [-0.05, 0) is 31.9 Å². The zero-order valence-corrected chi connectivity index (χ0v) is 14.1. The van der Waals surface area contributed by atoms with Crippen LogP contribution < -0.4 is 5.32 Å². The van der Waals surface area contributed by atoms with Crippen molar-refractivity contribution in [3.05, 3.63) is 33.9 Å². The first kappa shape index (κ1) is 16.2. The number of fused-ring (bicyclic) bond motifs is 1. The van der Waals surface area contributed by atoms with Crippen LogP contribution in [0.4, 0.5) is 4.39 Å².